The smallest absolute Gasteiger partial charge is 0.322 e. The van der Waals surface area contributed by atoms with Crippen LogP contribution < -0.4 is 5.32 Å². The van der Waals surface area contributed by atoms with E-state index in [1.807, 2.05) is 0 Å². The van der Waals surface area contributed by atoms with E-state index in [1.54, 1.807) is 23.1 Å². The van der Waals surface area contributed by atoms with Crippen LogP contribution in [0.5, 0.6) is 0 Å². The number of amides is 2. The van der Waals surface area contributed by atoms with Crippen LogP contribution >= 0.6 is 11.6 Å². The zero-order valence-electron chi connectivity index (χ0n) is 15.7. The van der Waals surface area contributed by atoms with Crippen LogP contribution in [0.1, 0.15) is 37.6 Å². The summed E-state index contributed by atoms with van der Waals surface area (Å²) in [5.41, 5.74) is 1.21. The number of H-pyrrole nitrogens is 1. The zero-order valence-corrected chi connectivity index (χ0v) is 16.4. The number of piperidine rings is 1. The molecule has 2 aromatic heterocycles. The minimum absolute atomic E-state index is 0.132. The first-order chi connectivity index (χ1) is 14.0. The van der Waals surface area contributed by atoms with Gasteiger partial charge in [0.2, 0.25) is 11.8 Å². The van der Waals surface area contributed by atoms with E-state index >= 15 is 0 Å². The summed E-state index contributed by atoms with van der Waals surface area (Å²) in [6.45, 7) is 2.34. The fraction of sp³-hybridized carbons (Fsp3) is 0.389. The van der Waals surface area contributed by atoms with Crippen LogP contribution in [0.3, 0.4) is 0 Å². The Hall–Kier alpha value is -2.98. The molecule has 2 atom stereocenters. The molecule has 152 valence electrons. The van der Waals surface area contributed by atoms with Crippen LogP contribution in [0, 0.1) is 5.92 Å². The van der Waals surface area contributed by atoms with Crippen LogP contribution in [0.25, 0.3) is 11.4 Å². The number of hydrogen-bond donors (Lipinski definition) is 3. The van der Waals surface area contributed by atoms with Gasteiger partial charge in [-0.25, -0.2) is 9.78 Å². The van der Waals surface area contributed by atoms with E-state index in [0.29, 0.717) is 46.9 Å². The Bertz CT molecular complexity index is 991. The van der Waals surface area contributed by atoms with E-state index in [-0.39, 0.29) is 24.6 Å². The van der Waals surface area contributed by atoms with Gasteiger partial charge in [-0.05, 0) is 37.0 Å². The van der Waals surface area contributed by atoms with Crippen molar-refractivity contribution in [3.63, 3.8) is 0 Å². The van der Waals surface area contributed by atoms with Gasteiger partial charge in [-0.3, -0.25) is 5.10 Å². The molecule has 0 saturated carbocycles. The summed E-state index contributed by atoms with van der Waals surface area (Å²) in [6.07, 6.45) is 2.96. The molecule has 0 spiro atoms. The number of halogens is 1. The molecule has 1 aromatic carbocycles. The minimum atomic E-state index is -0.354. The number of aliphatic hydroxyl groups excluding tert-OH is 1. The third-order valence-electron chi connectivity index (χ3n) is 4.92. The number of nitrogens with one attached hydrogen (secondary N) is 2. The Morgan fingerprint density at radius 1 is 1.45 bits per heavy atom. The normalized spacial score (nSPS) is 19.3. The maximum absolute atomic E-state index is 13.0. The number of benzene rings is 1. The van der Waals surface area contributed by atoms with Crippen molar-refractivity contribution in [2.45, 2.75) is 32.4 Å². The van der Waals surface area contributed by atoms with Crippen LogP contribution in [0.4, 0.5) is 10.5 Å². The van der Waals surface area contributed by atoms with Crippen LogP contribution in [-0.4, -0.2) is 48.0 Å². The summed E-state index contributed by atoms with van der Waals surface area (Å²) in [7, 11) is 0. The Labute approximate surface area is 171 Å². The standard InChI is InChI=1S/C18H20ClN7O3/c1-10-4-5-26(14(6-10)17-25-23-15(8-27)29-17)18(28)22-11-2-3-13(19)12(7-11)16-20-9-21-24-16/h2-3,7,9-10,14,27H,4-6,8H2,1H3,(H,22,28)(H,20,21,24)/t10-,14?/m0/s1. The predicted molar refractivity (Wildman–Crippen MR) is 104 cm³/mol. The number of rotatable bonds is 4. The third-order valence-corrected chi connectivity index (χ3v) is 5.25. The summed E-state index contributed by atoms with van der Waals surface area (Å²) in [5, 5.41) is 27.0. The average molecular weight is 418 g/mol. The quantitative estimate of drug-likeness (QED) is 0.594. The van der Waals surface area contributed by atoms with E-state index in [0.717, 1.165) is 6.42 Å². The highest BCUT2D eigenvalue weighted by Crippen LogP contribution is 2.34. The fourth-order valence-electron chi connectivity index (χ4n) is 3.40. The highest BCUT2D eigenvalue weighted by atomic mass is 35.5. The van der Waals surface area contributed by atoms with E-state index in [9.17, 15) is 9.90 Å². The van der Waals surface area contributed by atoms with E-state index in [1.165, 1.54) is 6.33 Å². The lowest BCUT2D eigenvalue weighted by Crippen LogP contribution is -2.43. The molecule has 2 amide bonds. The number of carbonyl (C=O) groups excluding carboxylic acids is 1. The lowest BCUT2D eigenvalue weighted by Gasteiger charge is -2.36. The summed E-state index contributed by atoms with van der Waals surface area (Å²) >= 11 is 6.25. The molecule has 3 N–H and O–H groups in total. The van der Waals surface area contributed by atoms with Crippen LogP contribution in [-0.2, 0) is 6.61 Å². The van der Waals surface area contributed by atoms with Gasteiger partial charge in [0.25, 0.3) is 0 Å². The number of aromatic nitrogens is 5. The molecule has 3 heterocycles. The van der Waals surface area contributed by atoms with Crippen molar-refractivity contribution in [2.24, 2.45) is 5.92 Å². The van der Waals surface area contributed by atoms with Crippen molar-refractivity contribution in [3.05, 3.63) is 41.3 Å². The number of nitrogens with zero attached hydrogens (tertiary/aromatic N) is 5. The topological polar surface area (TPSA) is 133 Å². The summed E-state index contributed by atoms with van der Waals surface area (Å²) in [6, 6.07) is 4.51. The number of urea groups is 1. The van der Waals surface area contributed by atoms with Gasteiger partial charge in [0.1, 0.15) is 19.0 Å². The molecule has 1 fully saturated rings. The molecule has 1 saturated heterocycles. The maximum Gasteiger partial charge on any atom is 0.322 e. The molecular weight excluding hydrogens is 398 g/mol. The van der Waals surface area contributed by atoms with Crippen molar-refractivity contribution >= 4 is 23.3 Å². The third kappa shape index (κ3) is 4.08. The maximum atomic E-state index is 13.0. The summed E-state index contributed by atoms with van der Waals surface area (Å²) in [5.74, 6) is 1.38. The molecule has 1 aliphatic heterocycles. The predicted octanol–water partition coefficient (Wildman–Crippen LogP) is 3.01. The number of hydrogen-bond acceptors (Lipinski definition) is 7. The van der Waals surface area contributed by atoms with Crippen LogP contribution in [0.2, 0.25) is 5.02 Å². The van der Waals surface area contributed by atoms with Crippen molar-refractivity contribution in [3.8, 4) is 11.4 Å². The Balaban J connectivity index is 1.55. The summed E-state index contributed by atoms with van der Waals surface area (Å²) in [4.78, 5) is 18.8. The lowest BCUT2D eigenvalue weighted by atomic mass is 9.92. The van der Waals surface area contributed by atoms with E-state index in [2.05, 4.69) is 37.6 Å². The van der Waals surface area contributed by atoms with Gasteiger partial charge in [-0.15, -0.1) is 10.2 Å². The fourth-order valence-corrected chi connectivity index (χ4v) is 3.61. The van der Waals surface area contributed by atoms with Crippen LogP contribution in [0.15, 0.2) is 28.9 Å². The van der Waals surface area contributed by atoms with Gasteiger partial charge in [-0.1, -0.05) is 18.5 Å². The van der Waals surface area contributed by atoms with E-state index < -0.39 is 0 Å². The molecule has 11 heteroatoms. The van der Waals surface area contributed by atoms with E-state index in [4.69, 9.17) is 16.0 Å². The Morgan fingerprint density at radius 2 is 2.31 bits per heavy atom. The van der Waals surface area contributed by atoms with Crippen molar-refractivity contribution in [1.82, 2.24) is 30.3 Å². The first-order valence-corrected chi connectivity index (χ1v) is 9.59. The highest BCUT2D eigenvalue weighted by Gasteiger charge is 2.34. The second kappa shape index (κ2) is 8.18. The van der Waals surface area contributed by atoms with Gasteiger partial charge in [-0.2, -0.15) is 5.10 Å². The minimum Gasteiger partial charge on any atom is -0.420 e. The molecule has 0 aliphatic carbocycles. The molecule has 10 nitrogen and oxygen atoms in total. The molecule has 1 unspecified atom stereocenters. The van der Waals surface area contributed by atoms with Gasteiger partial charge < -0.3 is 19.7 Å². The van der Waals surface area contributed by atoms with Crippen molar-refractivity contribution in [2.75, 3.05) is 11.9 Å². The number of likely N-dealkylation sites (tertiary alicyclic amines) is 1. The first-order valence-electron chi connectivity index (χ1n) is 9.21. The second-order valence-electron chi connectivity index (χ2n) is 6.99. The lowest BCUT2D eigenvalue weighted by molar-refractivity contribution is 0.122. The zero-order chi connectivity index (χ0) is 20.4. The molecular formula is C18H20ClN7O3. The van der Waals surface area contributed by atoms with Gasteiger partial charge in [0.15, 0.2) is 5.82 Å². The molecule has 4 rings (SSSR count). The first kappa shape index (κ1) is 19.3. The van der Waals surface area contributed by atoms with Gasteiger partial charge >= 0.3 is 6.03 Å². The molecule has 3 aromatic rings. The highest BCUT2D eigenvalue weighted by molar-refractivity contribution is 6.33. The number of carbonyl (C=O) groups is 1. The monoisotopic (exact) mass is 417 g/mol. The van der Waals surface area contributed by atoms with Gasteiger partial charge in [0, 0.05) is 17.8 Å². The Kier molecular flexibility index (Phi) is 5.45. The average Bonchev–Trinajstić information content (AvgIpc) is 3.41. The second-order valence-corrected chi connectivity index (χ2v) is 7.40. The number of aliphatic hydroxyl groups is 1. The molecule has 0 bridgehead atoms. The van der Waals surface area contributed by atoms with Gasteiger partial charge in [0.05, 0.1) is 5.02 Å². The largest absolute Gasteiger partial charge is 0.420 e. The number of anilines is 1. The van der Waals surface area contributed by atoms with Crippen molar-refractivity contribution < 1.29 is 14.3 Å². The number of aromatic amines is 1. The molecule has 29 heavy (non-hydrogen) atoms. The molecule has 0 radical (unpaired) electrons. The summed E-state index contributed by atoms with van der Waals surface area (Å²) < 4.78 is 5.50. The van der Waals surface area contributed by atoms with Crippen molar-refractivity contribution in [1.29, 1.82) is 0 Å². The Morgan fingerprint density at radius 3 is 3.03 bits per heavy atom. The SMILES string of the molecule is C[C@H]1CCN(C(=O)Nc2ccc(Cl)c(-c3ncn[nH]3)c2)C(c2nnc(CO)o2)C1. The molecule has 1 aliphatic rings.